The summed E-state index contributed by atoms with van der Waals surface area (Å²) in [6.07, 6.45) is -0.283. The van der Waals surface area contributed by atoms with Gasteiger partial charge in [0.15, 0.2) is 0 Å². The van der Waals surface area contributed by atoms with Gasteiger partial charge in [0.05, 0.1) is 11.4 Å². The van der Waals surface area contributed by atoms with Gasteiger partial charge in [0.2, 0.25) is 17.7 Å². The molecular formula is C20H21N3O3. The number of nitrogens with one attached hydrogen (secondary N) is 1. The summed E-state index contributed by atoms with van der Waals surface area (Å²) in [5, 5.41) is 2.71. The van der Waals surface area contributed by atoms with Crippen LogP contribution in [-0.4, -0.2) is 30.3 Å². The van der Waals surface area contributed by atoms with Crippen molar-refractivity contribution < 1.29 is 14.4 Å². The van der Waals surface area contributed by atoms with Crippen LogP contribution in [0.2, 0.25) is 0 Å². The summed E-state index contributed by atoms with van der Waals surface area (Å²) in [5.74, 6) is -0.970. The first kappa shape index (κ1) is 17.7. The molecule has 3 rings (SSSR count). The summed E-state index contributed by atoms with van der Waals surface area (Å²) in [7, 11) is 0. The fourth-order valence-electron chi connectivity index (χ4n) is 3.08. The second-order valence-corrected chi connectivity index (χ2v) is 6.42. The quantitative estimate of drug-likeness (QED) is 0.861. The maximum Gasteiger partial charge on any atom is 0.247 e. The highest BCUT2D eigenvalue weighted by atomic mass is 16.2. The minimum absolute atomic E-state index is 0.0676. The van der Waals surface area contributed by atoms with Gasteiger partial charge in [-0.3, -0.25) is 14.4 Å². The summed E-state index contributed by atoms with van der Waals surface area (Å²) in [5.41, 5.74) is 1.85. The molecule has 0 spiro atoms. The van der Waals surface area contributed by atoms with Crippen LogP contribution in [0.5, 0.6) is 0 Å². The molecule has 0 bridgehead atoms. The van der Waals surface area contributed by atoms with Crippen molar-refractivity contribution >= 4 is 34.8 Å². The lowest BCUT2D eigenvalue weighted by molar-refractivity contribution is -0.126. The van der Waals surface area contributed by atoms with Crippen LogP contribution in [0.1, 0.15) is 20.3 Å². The molecule has 0 aliphatic carbocycles. The van der Waals surface area contributed by atoms with Crippen LogP contribution >= 0.6 is 0 Å². The van der Waals surface area contributed by atoms with E-state index in [0.717, 1.165) is 5.69 Å². The zero-order valence-electron chi connectivity index (χ0n) is 14.8. The number of benzene rings is 2. The monoisotopic (exact) mass is 351 g/mol. The van der Waals surface area contributed by atoms with Crippen molar-refractivity contribution in [3.8, 4) is 0 Å². The van der Waals surface area contributed by atoms with Crippen molar-refractivity contribution in [2.24, 2.45) is 0 Å². The number of carbonyl (C=O) groups is 3. The number of hydrogen-bond acceptors (Lipinski definition) is 3. The van der Waals surface area contributed by atoms with Gasteiger partial charge in [-0.15, -0.1) is 0 Å². The van der Waals surface area contributed by atoms with Gasteiger partial charge in [0, 0.05) is 11.7 Å². The van der Waals surface area contributed by atoms with Crippen molar-refractivity contribution in [3.63, 3.8) is 0 Å². The van der Waals surface area contributed by atoms with E-state index in [1.807, 2.05) is 44.2 Å². The number of para-hydroxylation sites is 3. The van der Waals surface area contributed by atoms with Crippen molar-refractivity contribution in [1.82, 2.24) is 0 Å². The summed E-state index contributed by atoms with van der Waals surface area (Å²) in [6, 6.07) is 16.3. The number of anilines is 3. The zero-order valence-corrected chi connectivity index (χ0v) is 14.8. The van der Waals surface area contributed by atoms with E-state index in [9.17, 15) is 14.4 Å². The summed E-state index contributed by atoms with van der Waals surface area (Å²) >= 11 is 0. The van der Waals surface area contributed by atoms with E-state index in [2.05, 4.69) is 5.32 Å². The molecular weight excluding hydrogens is 330 g/mol. The molecule has 1 aliphatic heterocycles. The molecule has 134 valence electrons. The predicted octanol–water partition coefficient (Wildman–Crippen LogP) is 2.80. The molecule has 0 unspecified atom stereocenters. The lowest BCUT2D eigenvalue weighted by Crippen LogP contribution is -2.46. The van der Waals surface area contributed by atoms with Crippen molar-refractivity contribution in [2.45, 2.75) is 26.3 Å². The number of fused-ring (bicyclic) bond motifs is 1. The first-order valence-corrected chi connectivity index (χ1v) is 8.53. The molecule has 1 heterocycles. The SMILES string of the molecule is CC(C)N(C(=O)CN1C(=O)CC(=O)Nc2ccccc21)c1ccccc1. The zero-order chi connectivity index (χ0) is 18.7. The molecule has 3 amide bonds. The average Bonchev–Trinajstić information content (AvgIpc) is 2.72. The van der Waals surface area contributed by atoms with E-state index >= 15 is 0 Å². The molecule has 0 saturated heterocycles. The summed E-state index contributed by atoms with van der Waals surface area (Å²) in [4.78, 5) is 40.5. The lowest BCUT2D eigenvalue weighted by atomic mass is 10.2. The van der Waals surface area contributed by atoms with Gasteiger partial charge < -0.3 is 15.1 Å². The van der Waals surface area contributed by atoms with Gasteiger partial charge >= 0.3 is 0 Å². The third-order valence-corrected chi connectivity index (χ3v) is 4.19. The van der Waals surface area contributed by atoms with E-state index in [1.165, 1.54) is 4.90 Å². The van der Waals surface area contributed by atoms with Crippen LogP contribution in [0.4, 0.5) is 17.1 Å². The van der Waals surface area contributed by atoms with E-state index in [0.29, 0.717) is 11.4 Å². The third-order valence-electron chi connectivity index (χ3n) is 4.19. The third kappa shape index (κ3) is 3.59. The largest absolute Gasteiger partial charge is 0.324 e. The van der Waals surface area contributed by atoms with Gasteiger partial charge in [-0.1, -0.05) is 30.3 Å². The van der Waals surface area contributed by atoms with Crippen molar-refractivity contribution in [2.75, 3.05) is 21.7 Å². The van der Waals surface area contributed by atoms with Crippen LogP contribution in [0.15, 0.2) is 54.6 Å². The Kier molecular flexibility index (Phi) is 5.02. The molecule has 2 aromatic rings. The highest BCUT2D eigenvalue weighted by Gasteiger charge is 2.30. The van der Waals surface area contributed by atoms with Gasteiger partial charge in [-0.2, -0.15) is 0 Å². The minimum atomic E-state index is -0.391. The van der Waals surface area contributed by atoms with Gasteiger partial charge in [-0.05, 0) is 38.1 Å². The molecule has 6 nitrogen and oxygen atoms in total. The Bertz CT molecular complexity index is 833. The Morgan fingerprint density at radius 2 is 1.73 bits per heavy atom. The van der Waals surface area contributed by atoms with Crippen LogP contribution < -0.4 is 15.1 Å². The molecule has 0 atom stereocenters. The van der Waals surface area contributed by atoms with Crippen molar-refractivity contribution in [1.29, 1.82) is 0 Å². The second kappa shape index (κ2) is 7.39. The second-order valence-electron chi connectivity index (χ2n) is 6.42. The topological polar surface area (TPSA) is 69.7 Å². The van der Waals surface area contributed by atoms with Crippen molar-refractivity contribution in [3.05, 3.63) is 54.6 Å². The first-order chi connectivity index (χ1) is 12.5. The first-order valence-electron chi connectivity index (χ1n) is 8.53. The van der Waals surface area contributed by atoms with Gasteiger partial charge in [-0.25, -0.2) is 0 Å². The molecule has 6 heteroatoms. The fourth-order valence-corrected chi connectivity index (χ4v) is 3.08. The van der Waals surface area contributed by atoms with E-state index in [4.69, 9.17) is 0 Å². The molecule has 0 aromatic heterocycles. The number of nitrogens with zero attached hydrogens (tertiary/aromatic N) is 2. The van der Waals surface area contributed by atoms with Gasteiger partial charge in [0.25, 0.3) is 0 Å². The molecule has 0 saturated carbocycles. The molecule has 1 aliphatic rings. The average molecular weight is 351 g/mol. The minimum Gasteiger partial charge on any atom is -0.324 e. The molecule has 1 N–H and O–H groups in total. The van der Waals surface area contributed by atoms with E-state index < -0.39 is 5.91 Å². The van der Waals surface area contributed by atoms with Crippen LogP contribution in [0, 0.1) is 0 Å². The maximum absolute atomic E-state index is 13.0. The highest BCUT2D eigenvalue weighted by molar-refractivity contribution is 6.16. The molecule has 26 heavy (non-hydrogen) atoms. The fraction of sp³-hybridized carbons (Fsp3) is 0.250. The summed E-state index contributed by atoms with van der Waals surface area (Å²) < 4.78 is 0. The van der Waals surface area contributed by atoms with Gasteiger partial charge in [0.1, 0.15) is 13.0 Å². The Morgan fingerprint density at radius 3 is 2.42 bits per heavy atom. The highest BCUT2D eigenvalue weighted by Crippen LogP contribution is 2.29. The standard InChI is InChI=1S/C20H21N3O3/c1-14(2)23(15-8-4-3-5-9-15)20(26)13-22-17-11-7-6-10-16(17)21-18(24)12-19(22)25/h3-11,14H,12-13H2,1-2H3,(H,21,24). The number of carbonyl (C=O) groups excluding carboxylic acids is 3. The number of amides is 3. The van der Waals surface area contributed by atoms with Crippen LogP contribution in [0.3, 0.4) is 0 Å². The lowest BCUT2D eigenvalue weighted by Gasteiger charge is -2.30. The molecule has 0 radical (unpaired) electrons. The van der Waals surface area contributed by atoms with E-state index in [-0.39, 0.29) is 30.8 Å². The van der Waals surface area contributed by atoms with Crippen LogP contribution in [-0.2, 0) is 14.4 Å². The Hall–Kier alpha value is -3.15. The molecule has 2 aromatic carbocycles. The normalized spacial score (nSPS) is 13.9. The maximum atomic E-state index is 13.0. The number of hydrogen-bond donors (Lipinski definition) is 1. The predicted molar refractivity (Wildman–Crippen MR) is 101 cm³/mol. The number of rotatable bonds is 4. The van der Waals surface area contributed by atoms with Crippen LogP contribution in [0.25, 0.3) is 0 Å². The summed E-state index contributed by atoms with van der Waals surface area (Å²) in [6.45, 7) is 3.72. The Labute approximate surface area is 152 Å². The Morgan fingerprint density at radius 1 is 1.08 bits per heavy atom. The Balaban J connectivity index is 1.92. The molecule has 0 fully saturated rings. The van der Waals surface area contributed by atoms with E-state index in [1.54, 1.807) is 29.2 Å². The smallest absolute Gasteiger partial charge is 0.247 e.